The molecule has 166 valence electrons. The fourth-order valence-corrected chi connectivity index (χ4v) is 5.31. The number of benzene rings is 3. The molecule has 3 aromatic carbocycles. The maximum atomic E-state index is 13.4. The third-order valence-electron chi connectivity index (χ3n) is 5.48. The van der Waals surface area contributed by atoms with Crippen LogP contribution in [-0.4, -0.2) is 34.8 Å². The quantitative estimate of drug-likeness (QED) is 0.316. The van der Waals surface area contributed by atoms with Gasteiger partial charge in [-0.2, -0.15) is 4.52 Å². The summed E-state index contributed by atoms with van der Waals surface area (Å²) in [7, 11) is -3.91. The number of hydrogen-bond acceptors (Lipinski definition) is 6. The van der Waals surface area contributed by atoms with Crippen molar-refractivity contribution < 1.29 is 8.42 Å². The van der Waals surface area contributed by atoms with Crippen molar-refractivity contribution in [3.8, 4) is 0 Å². The van der Waals surface area contributed by atoms with Gasteiger partial charge in [-0.3, -0.25) is 0 Å². The van der Waals surface area contributed by atoms with Gasteiger partial charge in [-0.15, -0.1) is 5.10 Å². The van der Waals surface area contributed by atoms with E-state index in [0.717, 1.165) is 20.9 Å². The standard InChI is InChI=1S/C24H20BrN5O2S/c1-2-29(16-17-8-4-3-5-9-17)22-20-10-6-7-11-21(20)30-23(26-22)24(27-28-30)33(31,32)19-14-12-18(25)13-15-19/h3-15H,2,16H2,1H3. The van der Waals surface area contributed by atoms with Crippen molar-refractivity contribution in [3.05, 3.63) is 88.9 Å². The van der Waals surface area contributed by atoms with Crippen LogP contribution >= 0.6 is 15.9 Å². The molecule has 0 bridgehead atoms. The average Bonchev–Trinajstić information content (AvgIpc) is 3.28. The third kappa shape index (κ3) is 3.87. The monoisotopic (exact) mass is 521 g/mol. The van der Waals surface area contributed by atoms with E-state index in [2.05, 4.69) is 50.2 Å². The zero-order chi connectivity index (χ0) is 23.0. The molecule has 0 aliphatic rings. The topological polar surface area (TPSA) is 80.5 Å². The smallest absolute Gasteiger partial charge is 0.229 e. The second-order valence-electron chi connectivity index (χ2n) is 7.54. The second-order valence-corrected chi connectivity index (χ2v) is 10.3. The van der Waals surface area contributed by atoms with Gasteiger partial charge in [0, 0.05) is 22.9 Å². The molecule has 5 rings (SSSR count). The molecule has 2 heterocycles. The average molecular weight is 522 g/mol. The molecule has 0 aliphatic carbocycles. The van der Waals surface area contributed by atoms with Crippen LogP contribution in [0.2, 0.25) is 0 Å². The molecular formula is C24H20BrN5O2S. The Labute approximate surface area is 199 Å². The van der Waals surface area contributed by atoms with Crippen LogP contribution < -0.4 is 4.90 Å². The number of hydrogen-bond donors (Lipinski definition) is 0. The van der Waals surface area contributed by atoms with Crippen molar-refractivity contribution in [1.82, 2.24) is 19.8 Å². The first-order chi connectivity index (χ1) is 16.0. The van der Waals surface area contributed by atoms with Crippen LogP contribution in [-0.2, 0) is 16.4 Å². The maximum Gasteiger partial charge on any atom is 0.229 e. The summed E-state index contributed by atoms with van der Waals surface area (Å²) in [6.45, 7) is 3.39. The third-order valence-corrected chi connectivity index (χ3v) is 7.67. The van der Waals surface area contributed by atoms with Crippen molar-refractivity contribution in [2.45, 2.75) is 23.4 Å². The summed E-state index contributed by atoms with van der Waals surface area (Å²) in [6.07, 6.45) is 0. The molecule has 0 unspecified atom stereocenters. The lowest BCUT2D eigenvalue weighted by molar-refractivity contribution is 0.592. The predicted octanol–water partition coefficient (Wildman–Crippen LogP) is 4.90. The predicted molar refractivity (Wildman–Crippen MR) is 131 cm³/mol. The Balaban J connectivity index is 1.72. The van der Waals surface area contributed by atoms with Crippen LogP contribution in [0.5, 0.6) is 0 Å². The summed E-state index contributed by atoms with van der Waals surface area (Å²) < 4.78 is 29.1. The van der Waals surface area contributed by atoms with E-state index in [1.165, 1.54) is 4.52 Å². The van der Waals surface area contributed by atoms with Crippen molar-refractivity contribution in [2.24, 2.45) is 0 Å². The zero-order valence-electron chi connectivity index (χ0n) is 17.8. The molecule has 0 saturated carbocycles. The molecule has 0 aliphatic heterocycles. The molecule has 2 aromatic heterocycles. The largest absolute Gasteiger partial charge is 0.352 e. The molecule has 0 atom stereocenters. The van der Waals surface area contributed by atoms with Gasteiger partial charge < -0.3 is 4.90 Å². The Bertz CT molecular complexity index is 1550. The van der Waals surface area contributed by atoms with Crippen LogP contribution in [0.3, 0.4) is 0 Å². The number of fused-ring (bicyclic) bond motifs is 3. The maximum absolute atomic E-state index is 13.4. The fourth-order valence-electron chi connectivity index (χ4n) is 3.81. The summed E-state index contributed by atoms with van der Waals surface area (Å²) in [6, 6.07) is 24.3. The van der Waals surface area contributed by atoms with Crippen molar-refractivity contribution in [2.75, 3.05) is 11.4 Å². The van der Waals surface area contributed by atoms with E-state index in [4.69, 9.17) is 4.98 Å². The highest BCUT2D eigenvalue weighted by Gasteiger charge is 2.27. The molecule has 0 N–H and O–H groups in total. The number of para-hydroxylation sites is 1. The van der Waals surface area contributed by atoms with Gasteiger partial charge in [-0.25, -0.2) is 13.4 Å². The van der Waals surface area contributed by atoms with Gasteiger partial charge in [0.2, 0.25) is 14.9 Å². The van der Waals surface area contributed by atoms with Gasteiger partial charge >= 0.3 is 0 Å². The Morgan fingerprint density at radius 2 is 1.64 bits per heavy atom. The molecule has 5 aromatic rings. The van der Waals surface area contributed by atoms with Crippen LogP contribution in [0.25, 0.3) is 16.6 Å². The lowest BCUT2D eigenvalue weighted by atomic mass is 10.2. The molecule has 0 spiro atoms. The van der Waals surface area contributed by atoms with Gasteiger partial charge in [0.25, 0.3) is 0 Å². The minimum Gasteiger partial charge on any atom is -0.352 e. The minimum absolute atomic E-state index is 0.140. The van der Waals surface area contributed by atoms with Crippen molar-refractivity contribution >= 4 is 48.1 Å². The second kappa shape index (κ2) is 8.57. The number of aromatic nitrogens is 4. The van der Waals surface area contributed by atoms with Gasteiger partial charge in [0.15, 0.2) is 5.65 Å². The zero-order valence-corrected chi connectivity index (χ0v) is 20.2. The number of halogens is 1. The highest BCUT2D eigenvalue weighted by atomic mass is 79.9. The molecule has 0 fully saturated rings. The van der Waals surface area contributed by atoms with E-state index in [-0.39, 0.29) is 15.6 Å². The molecule has 0 saturated heterocycles. The Hall–Kier alpha value is -3.30. The highest BCUT2D eigenvalue weighted by molar-refractivity contribution is 9.10. The first kappa shape index (κ1) is 21.5. The van der Waals surface area contributed by atoms with Gasteiger partial charge in [0.05, 0.1) is 10.4 Å². The number of rotatable bonds is 6. The van der Waals surface area contributed by atoms with E-state index in [1.807, 2.05) is 42.5 Å². The SMILES string of the molecule is CCN(Cc1ccccc1)c1nc2c(S(=O)(=O)c3ccc(Br)cc3)nnn2c2ccccc12. The van der Waals surface area contributed by atoms with Crippen molar-refractivity contribution in [1.29, 1.82) is 0 Å². The van der Waals surface area contributed by atoms with E-state index in [9.17, 15) is 8.42 Å². The molecule has 7 nitrogen and oxygen atoms in total. The van der Waals surface area contributed by atoms with Crippen LogP contribution in [0.4, 0.5) is 5.82 Å². The van der Waals surface area contributed by atoms with Crippen LogP contribution in [0.1, 0.15) is 12.5 Å². The molecular weight excluding hydrogens is 502 g/mol. The molecule has 0 amide bonds. The van der Waals surface area contributed by atoms with Crippen LogP contribution in [0, 0.1) is 0 Å². The highest BCUT2D eigenvalue weighted by Crippen LogP contribution is 2.30. The first-order valence-electron chi connectivity index (χ1n) is 10.4. The van der Waals surface area contributed by atoms with Crippen LogP contribution in [0.15, 0.2) is 93.3 Å². The lowest BCUT2D eigenvalue weighted by Gasteiger charge is -2.24. The van der Waals surface area contributed by atoms with Gasteiger partial charge in [-0.05, 0) is 48.9 Å². The number of nitrogens with zero attached hydrogens (tertiary/aromatic N) is 5. The molecule has 33 heavy (non-hydrogen) atoms. The fraction of sp³-hybridized carbons (Fsp3) is 0.125. The summed E-state index contributed by atoms with van der Waals surface area (Å²) in [4.78, 5) is 7.08. The van der Waals surface area contributed by atoms with Gasteiger partial charge in [0.1, 0.15) is 5.82 Å². The van der Waals surface area contributed by atoms with E-state index < -0.39 is 9.84 Å². The Kier molecular flexibility index (Phi) is 5.59. The number of anilines is 1. The summed E-state index contributed by atoms with van der Waals surface area (Å²) in [5, 5.41) is 8.94. The van der Waals surface area contributed by atoms with Crippen molar-refractivity contribution in [3.63, 3.8) is 0 Å². The lowest BCUT2D eigenvalue weighted by Crippen LogP contribution is -2.24. The summed E-state index contributed by atoms with van der Waals surface area (Å²) >= 11 is 3.34. The first-order valence-corrected chi connectivity index (χ1v) is 12.7. The van der Waals surface area contributed by atoms with E-state index in [0.29, 0.717) is 18.9 Å². The Morgan fingerprint density at radius 3 is 2.36 bits per heavy atom. The molecule has 9 heteroatoms. The van der Waals surface area contributed by atoms with E-state index >= 15 is 0 Å². The normalized spacial score (nSPS) is 11.8. The van der Waals surface area contributed by atoms with Gasteiger partial charge in [-0.1, -0.05) is 63.6 Å². The minimum atomic E-state index is -3.91. The van der Waals surface area contributed by atoms with E-state index in [1.54, 1.807) is 24.3 Å². The Morgan fingerprint density at radius 1 is 0.939 bits per heavy atom. The molecule has 0 radical (unpaired) electrons. The summed E-state index contributed by atoms with van der Waals surface area (Å²) in [5.41, 5.74) is 2.09. The summed E-state index contributed by atoms with van der Waals surface area (Å²) in [5.74, 6) is 0.694. The number of sulfone groups is 1.